The van der Waals surface area contributed by atoms with Gasteiger partial charge in [-0.05, 0) is 38.1 Å². The smallest absolute Gasteiger partial charge is 0.179 e. The van der Waals surface area contributed by atoms with Crippen LogP contribution in [-0.4, -0.2) is 50.8 Å². The lowest BCUT2D eigenvalue weighted by Crippen LogP contribution is -2.56. The average Bonchev–Trinajstić information content (AvgIpc) is 2.38. The predicted octanol–water partition coefficient (Wildman–Crippen LogP) is 1.80. The van der Waals surface area contributed by atoms with E-state index in [2.05, 4.69) is 24.1 Å². The molecule has 0 saturated carbocycles. The molecule has 2 rings (SSSR count). The van der Waals surface area contributed by atoms with Gasteiger partial charge in [0, 0.05) is 36.7 Å². The molecule has 1 aliphatic rings. The molecule has 0 bridgehead atoms. The summed E-state index contributed by atoms with van der Waals surface area (Å²) in [5.74, 6) is 0.142. The Morgan fingerprint density at radius 1 is 1.20 bits per heavy atom. The van der Waals surface area contributed by atoms with Crippen molar-refractivity contribution in [3.8, 4) is 0 Å². The van der Waals surface area contributed by atoms with Crippen LogP contribution in [0.15, 0.2) is 29.2 Å². The lowest BCUT2D eigenvalue weighted by atomic mass is 10.1. The first-order valence-electron chi connectivity index (χ1n) is 6.85. The Balaban J connectivity index is 2.03. The summed E-state index contributed by atoms with van der Waals surface area (Å²) in [5, 5.41) is 3.89. The number of hydrogen-bond acceptors (Lipinski definition) is 4. The third kappa shape index (κ3) is 3.73. The molecule has 2 unspecified atom stereocenters. The molecule has 1 N–H and O–H groups in total. The van der Waals surface area contributed by atoms with Crippen molar-refractivity contribution in [2.45, 2.75) is 30.8 Å². The summed E-state index contributed by atoms with van der Waals surface area (Å²) >= 11 is 5.79. The van der Waals surface area contributed by atoms with Crippen LogP contribution in [0.3, 0.4) is 0 Å². The molecule has 1 aliphatic heterocycles. The van der Waals surface area contributed by atoms with E-state index in [1.807, 2.05) is 0 Å². The average molecular weight is 317 g/mol. The number of nitrogens with zero attached hydrogens (tertiary/aromatic N) is 1. The molecule has 0 amide bonds. The van der Waals surface area contributed by atoms with Gasteiger partial charge in [0.1, 0.15) is 0 Å². The van der Waals surface area contributed by atoms with Gasteiger partial charge in [0.25, 0.3) is 0 Å². The molecule has 1 fully saturated rings. The summed E-state index contributed by atoms with van der Waals surface area (Å²) in [6, 6.07) is 7.10. The van der Waals surface area contributed by atoms with Gasteiger partial charge in [0.15, 0.2) is 9.84 Å². The second-order valence-electron chi connectivity index (χ2n) is 5.37. The number of benzene rings is 1. The second kappa shape index (κ2) is 6.43. The van der Waals surface area contributed by atoms with Gasteiger partial charge >= 0.3 is 0 Å². The molecule has 0 radical (unpaired) electrons. The van der Waals surface area contributed by atoms with E-state index in [0.29, 0.717) is 28.5 Å². The summed E-state index contributed by atoms with van der Waals surface area (Å²) in [7, 11) is -3.24. The molecule has 0 spiro atoms. The highest BCUT2D eigenvalue weighted by Crippen LogP contribution is 2.17. The first-order chi connectivity index (χ1) is 9.40. The molecular formula is C14H21ClN2O2S. The van der Waals surface area contributed by atoms with E-state index in [-0.39, 0.29) is 5.75 Å². The molecule has 1 saturated heterocycles. The number of piperazine rings is 1. The first kappa shape index (κ1) is 15.8. The SMILES string of the molecule is CC1CNCC(C)N1CCS(=O)(=O)c1ccc(Cl)cc1. The molecule has 20 heavy (non-hydrogen) atoms. The number of halogens is 1. The van der Waals surface area contributed by atoms with Gasteiger partial charge in [-0.2, -0.15) is 0 Å². The molecule has 2 atom stereocenters. The van der Waals surface area contributed by atoms with E-state index in [1.165, 1.54) is 0 Å². The maximum Gasteiger partial charge on any atom is 0.179 e. The zero-order valence-corrected chi connectivity index (χ0v) is 13.4. The minimum atomic E-state index is -3.24. The molecule has 1 aromatic rings. The minimum absolute atomic E-state index is 0.142. The van der Waals surface area contributed by atoms with Crippen LogP contribution in [-0.2, 0) is 9.84 Å². The summed E-state index contributed by atoms with van der Waals surface area (Å²) in [4.78, 5) is 2.60. The Morgan fingerprint density at radius 3 is 2.30 bits per heavy atom. The minimum Gasteiger partial charge on any atom is -0.314 e. The third-order valence-corrected chi connectivity index (χ3v) is 5.77. The fourth-order valence-electron chi connectivity index (χ4n) is 2.60. The summed E-state index contributed by atoms with van der Waals surface area (Å²) < 4.78 is 24.6. The summed E-state index contributed by atoms with van der Waals surface area (Å²) in [6.45, 7) is 6.63. The van der Waals surface area contributed by atoms with Crippen LogP contribution in [0, 0.1) is 0 Å². The second-order valence-corrected chi connectivity index (χ2v) is 7.91. The number of nitrogens with one attached hydrogen (secondary N) is 1. The highest BCUT2D eigenvalue weighted by molar-refractivity contribution is 7.91. The van der Waals surface area contributed by atoms with Crippen molar-refractivity contribution in [2.24, 2.45) is 0 Å². The molecule has 112 valence electrons. The molecule has 6 heteroatoms. The highest BCUT2D eigenvalue weighted by atomic mass is 35.5. The Kier molecular flexibility index (Phi) is 5.07. The normalized spacial score (nSPS) is 24.8. The molecular weight excluding hydrogens is 296 g/mol. The zero-order chi connectivity index (χ0) is 14.8. The van der Waals surface area contributed by atoms with Crippen molar-refractivity contribution in [2.75, 3.05) is 25.4 Å². The Bertz CT molecular complexity index is 535. The van der Waals surface area contributed by atoms with Crippen molar-refractivity contribution >= 4 is 21.4 Å². The van der Waals surface area contributed by atoms with Gasteiger partial charge in [-0.3, -0.25) is 4.90 Å². The van der Waals surface area contributed by atoms with Gasteiger partial charge in [-0.15, -0.1) is 0 Å². The quantitative estimate of drug-likeness (QED) is 0.920. The maximum absolute atomic E-state index is 12.3. The number of rotatable bonds is 4. The number of sulfone groups is 1. The van der Waals surface area contributed by atoms with Crippen LogP contribution >= 0.6 is 11.6 Å². The lowest BCUT2D eigenvalue weighted by Gasteiger charge is -2.39. The van der Waals surface area contributed by atoms with Crippen molar-refractivity contribution in [3.63, 3.8) is 0 Å². The van der Waals surface area contributed by atoms with E-state index in [9.17, 15) is 8.42 Å². The van der Waals surface area contributed by atoms with Gasteiger partial charge in [0.05, 0.1) is 10.6 Å². The largest absolute Gasteiger partial charge is 0.314 e. The summed E-state index contributed by atoms with van der Waals surface area (Å²) in [6.07, 6.45) is 0. The standard InChI is InChI=1S/C14H21ClN2O2S/c1-11-9-16-10-12(2)17(11)7-8-20(18,19)14-5-3-13(15)4-6-14/h3-6,11-12,16H,7-10H2,1-2H3. The van der Waals surface area contributed by atoms with E-state index >= 15 is 0 Å². The van der Waals surface area contributed by atoms with Gasteiger partial charge in [-0.1, -0.05) is 11.6 Å². The monoisotopic (exact) mass is 316 g/mol. The Labute approximate surface area is 126 Å². The molecule has 0 aliphatic carbocycles. The molecule has 0 aromatic heterocycles. The maximum atomic E-state index is 12.3. The highest BCUT2D eigenvalue weighted by Gasteiger charge is 2.26. The van der Waals surface area contributed by atoms with Crippen molar-refractivity contribution in [3.05, 3.63) is 29.3 Å². The van der Waals surface area contributed by atoms with Crippen LogP contribution in [0.2, 0.25) is 5.02 Å². The third-order valence-electron chi connectivity index (χ3n) is 3.80. The lowest BCUT2D eigenvalue weighted by molar-refractivity contribution is 0.125. The van der Waals surface area contributed by atoms with Gasteiger partial charge in [0.2, 0.25) is 0 Å². The Hall–Kier alpha value is -0.620. The van der Waals surface area contributed by atoms with Gasteiger partial charge < -0.3 is 5.32 Å². The fourth-order valence-corrected chi connectivity index (χ4v) is 3.96. The fraction of sp³-hybridized carbons (Fsp3) is 0.571. The van der Waals surface area contributed by atoms with Crippen LogP contribution < -0.4 is 5.32 Å². The van der Waals surface area contributed by atoms with Crippen LogP contribution in [0.25, 0.3) is 0 Å². The predicted molar refractivity (Wildman–Crippen MR) is 82.0 cm³/mol. The van der Waals surface area contributed by atoms with Crippen molar-refractivity contribution < 1.29 is 8.42 Å². The van der Waals surface area contributed by atoms with Crippen LogP contribution in [0.5, 0.6) is 0 Å². The van der Waals surface area contributed by atoms with Crippen molar-refractivity contribution in [1.29, 1.82) is 0 Å². The van der Waals surface area contributed by atoms with Crippen molar-refractivity contribution in [1.82, 2.24) is 10.2 Å². The van der Waals surface area contributed by atoms with E-state index < -0.39 is 9.84 Å². The van der Waals surface area contributed by atoms with E-state index in [1.54, 1.807) is 24.3 Å². The van der Waals surface area contributed by atoms with Crippen LogP contribution in [0.4, 0.5) is 0 Å². The molecule has 1 heterocycles. The zero-order valence-electron chi connectivity index (χ0n) is 11.8. The number of hydrogen-bond donors (Lipinski definition) is 1. The summed E-state index contributed by atoms with van der Waals surface area (Å²) in [5.41, 5.74) is 0. The topological polar surface area (TPSA) is 49.4 Å². The molecule has 4 nitrogen and oxygen atoms in total. The van der Waals surface area contributed by atoms with E-state index in [0.717, 1.165) is 13.1 Å². The van der Waals surface area contributed by atoms with Crippen LogP contribution in [0.1, 0.15) is 13.8 Å². The molecule has 1 aromatic carbocycles. The Morgan fingerprint density at radius 2 is 1.75 bits per heavy atom. The first-order valence-corrected chi connectivity index (χ1v) is 8.88. The van der Waals surface area contributed by atoms with E-state index in [4.69, 9.17) is 11.6 Å². The van der Waals surface area contributed by atoms with Gasteiger partial charge in [-0.25, -0.2) is 8.42 Å².